The average molecular weight is 654 g/mol. The Labute approximate surface area is 285 Å². The molecular formula is C40H79NO5. The van der Waals surface area contributed by atoms with Crippen LogP contribution in [0.1, 0.15) is 206 Å². The lowest BCUT2D eigenvalue weighted by Crippen LogP contribution is -2.53. The molecule has 0 aromatic rings. The second kappa shape index (κ2) is 35.4. The monoisotopic (exact) mass is 654 g/mol. The van der Waals surface area contributed by atoms with Crippen LogP contribution in [0.15, 0.2) is 12.2 Å². The summed E-state index contributed by atoms with van der Waals surface area (Å²) in [6, 6.07) is -0.982. The van der Waals surface area contributed by atoms with E-state index in [1.165, 1.54) is 135 Å². The molecule has 0 rings (SSSR count). The number of carbonyl (C=O) groups excluding carboxylic acids is 1. The van der Waals surface area contributed by atoms with E-state index >= 15 is 0 Å². The third-order valence-corrected chi connectivity index (χ3v) is 9.48. The Morgan fingerprint density at radius 3 is 1.26 bits per heavy atom. The summed E-state index contributed by atoms with van der Waals surface area (Å²) in [5.74, 6) is -0.589. The molecule has 274 valence electrons. The van der Waals surface area contributed by atoms with E-state index in [-0.39, 0.29) is 0 Å². The fraction of sp³-hybridized carbons (Fsp3) is 0.925. The third-order valence-electron chi connectivity index (χ3n) is 9.48. The lowest BCUT2D eigenvalue weighted by atomic mass is 9.99. The molecule has 0 saturated carbocycles. The van der Waals surface area contributed by atoms with Gasteiger partial charge in [-0.05, 0) is 38.5 Å². The summed E-state index contributed by atoms with van der Waals surface area (Å²) in [7, 11) is 0. The molecule has 0 heterocycles. The molecule has 0 aliphatic carbocycles. The van der Waals surface area contributed by atoms with Gasteiger partial charge in [0.2, 0.25) is 5.91 Å². The Morgan fingerprint density at radius 2 is 0.870 bits per heavy atom. The normalized spacial score (nSPS) is 14.5. The fourth-order valence-electron chi connectivity index (χ4n) is 6.22. The van der Waals surface area contributed by atoms with Crippen LogP contribution < -0.4 is 5.32 Å². The maximum absolute atomic E-state index is 12.5. The Morgan fingerprint density at radius 1 is 0.522 bits per heavy atom. The summed E-state index contributed by atoms with van der Waals surface area (Å²) in [6.45, 7) is 4.03. The Kier molecular flexibility index (Phi) is 34.6. The van der Waals surface area contributed by atoms with Gasteiger partial charge in [-0.3, -0.25) is 4.79 Å². The van der Waals surface area contributed by atoms with Crippen LogP contribution in [-0.2, 0) is 4.79 Å². The minimum atomic E-state index is -1.26. The first-order valence-corrected chi connectivity index (χ1v) is 20.1. The molecule has 0 radical (unpaired) electrons. The van der Waals surface area contributed by atoms with E-state index in [9.17, 15) is 25.2 Å². The summed E-state index contributed by atoms with van der Waals surface area (Å²) >= 11 is 0. The number of hydrogen-bond donors (Lipinski definition) is 5. The number of hydrogen-bond acceptors (Lipinski definition) is 5. The molecule has 1 amide bonds. The van der Waals surface area contributed by atoms with Gasteiger partial charge in [0.15, 0.2) is 0 Å². The van der Waals surface area contributed by atoms with Crippen LogP contribution in [0.2, 0.25) is 0 Å². The smallest absolute Gasteiger partial charge is 0.249 e. The Balaban J connectivity index is 3.76. The Hall–Kier alpha value is -0.950. The van der Waals surface area contributed by atoms with E-state index in [0.717, 1.165) is 44.9 Å². The van der Waals surface area contributed by atoms with Gasteiger partial charge in [-0.2, -0.15) is 0 Å². The summed E-state index contributed by atoms with van der Waals surface area (Å²) in [5, 5.41) is 43.5. The van der Waals surface area contributed by atoms with Crippen molar-refractivity contribution in [3.63, 3.8) is 0 Å². The van der Waals surface area contributed by atoms with Gasteiger partial charge in [0.25, 0.3) is 0 Å². The van der Waals surface area contributed by atoms with Crippen LogP contribution in [0.25, 0.3) is 0 Å². The highest BCUT2D eigenvalue weighted by Crippen LogP contribution is 2.16. The van der Waals surface area contributed by atoms with Gasteiger partial charge < -0.3 is 25.7 Å². The van der Waals surface area contributed by atoms with E-state index in [0.29, 0.717) is 12.8 Å². The molecule has 6 nitrogen and oxygen atoms in total. The minimum absolute atomic E-state index is 0.364. The van der Waals surface area contributed by atoms with Crippen molar-refractivity contribution in [3.05, 3.63) is 12.2 Å². The van der Waals surface area contributed by atoms with Crippen molar-refractivity contribution in [1.29, 1.82) is 0 Å². The SMILES string of the molecule is CCCCCCCCCCC/C=C\CCCCCCCCC(O)C(=O)NC(CO)C(O)C(O)CCCCCCCCCCCCC. The molecule has 0 spiro atoms. The molecule has 0 aromatic heterocycles. The first kappa shape index (κ1) is 45.0. The fourth-order valence-corrected chi connectivity index (χ4v) is 6.22. The second-order valence-electron chi connectivity index (χ2n) is 14.0. The summed E-state index contributed by atoms with van der Waals surface area (Å²) in [4.78, 5) is 12.5. The van der Waals surface area contributed by atoms with Crippen molar-refractivity contribution >= 4 is 5.91 Å². The minimum Gasteiger partial charge on any atom is -0.394 e. The number of aliphatic hydroxyl groups excluding tert-OH is 4. The number of rotatable bonds is 36. The van der Waals surface area contributed by atoms with Crippen molar-refractivity contribution < 1.29 is 25.2 Å². The highest BCUT2D eigenvalue weighted by Gasteiger charge is 2.28. The molecule has 0 bridgehead atoms. The summed E-state index contributed by atoms with van der Waals surface area (Å²) < 4.78 is 0. The van der Waals surface area contributed by atoms with Gasteiger partial charge in [0.1, 0.15) is 12.2 Å². The van der Waals surface area contributed by atoms with E-state index in [2.05, 4.69) is 31.3 Å². The molecule has 0 fully saturated rings. The van der Waals surface area contributed by atoms with Crippen LogP contribution in [-0.4, -0.2) is 57.3 Å². The van der Waals surface area contributed by atoms with Crippen molar-refractivity contribution in [3.8, 4) is 0 Å². The first-order chi connectivity index (χ1) is 22.5. The molecule has 46 heavy (non-hydrogen) atoms. The van der Waals surface area contributed by atoms with Gasteiger partial charge in [-0.15, -0.1) is 0 Å². The molecular weight excluding hydrogens is 574 g/mol. The van der Waals surface area contributed by atoms with Gasteiger partial charge in [0.05, 0.1) is 18.8 Å². The quantitative estimate of drug-likeness (QED) is 0.0342. The van der Waals surface area contributed by atoms with Gasteiger partial charge in [-0.25, -0.2) is 0 Å². The van der Waals surface area contributed by atoms with Gasteiger partial charge in [-0.1, -0.05) is 180 Å². The molecule has 5 N–H and O–H groups in total. The number of amides is 1. The highest BCUT2D eigenvalue weighted by atomic mass is 16.3. The highest BCUT2D eigenvalue weighted by molar-refractivity contribution is 5.80. The van der Waals surface area contributed by atoms with E-state index in [4.69, 9.17) is 0 Å². The van der Waals surface area contributed by atoms with Crippen molar-refractivity contribution in [2.24, 2.45) is 0 Å². The lowest BCUT2D eigenvalue weighted by Gasteiger charge is -2.27. The number of unbranched alkanes of at least 4 members (excludes halogenated alkanes) is 25. The molecule has 4 atom stereocenters. The second-order valence-corrected chi connectivity index (χ2v) is 14.0. The van der Waals surface area contributed by atoms with E-state index in [1.807, 2.05) is 0 Å². The third kappa shape index (κ3) is 29.2. The van der Waals surface area contributed by atoms with Crippen LogP contribution in [0.3, 0.4) is 0 Å². The van der Waals surface area contributed by atoms with Crippen LogP contribution >= 0.6 is 0 Å². The van der Waals surface area contributed by atoms with Gasteiger partial charge >= 0.3 is 0 Å². The average Bonchev–Trinajstić information content (AvgIpc) is 3.06. The maximum Gasteiger partial charge on any atom is 0.249 e. The summed E-state index contributed by atoms with van der Waals surface area (Å²) in [6.07, 6.45) is 36.6. The topological polar surface area (TPSA) is 110 Å². The van der Waals surface area contributed by atoms with E-state index < -0.39 is 36.9 Å². The standard InChI is InChI=1S/C40H79NO5/c1-3-5-7-9-11-13-15-16-17-18-19-20-21-22-24-26-28-30-32-34-38(44)40(46)41-36(35-42)39(45)37(43)33-31-29-27-25-23-14-12-10-8-6-4-2/h19-20,36-39,42-45H,3-18,21-35H2,1-2H3,(H,41,46)/b20-19-. The molecule has 0 aromatic carbocycles. The van der Waals surface area contributed by atoms with Crippen molar-refractivity contribution in [2.45, 2.75) is 231 Å². The maximum atomic E-state index is 12.5. The predicted molar refractivity (Wildman–Crippen MR) is 196 cm³/mol. The molecule has 0 aliphatic rings. The molecule has 4 unspecified atom stereocenters. The number of nitrogens with one attached hydrogen (secondary N) is 1. The van der Waals surface area contributed by atoms with Crippen LogP contribution in [0.5, 0.6) is 0 Å². The number of aliphatic hydroxyl groups is 4. The molecule has 0 aliphatic heterocycles. The van der Waals surface area contributed by atoms with Gasteiger partial charge in [0, 0.05) is 0 Å². The lowest BCUT2D eigenvalue weighted by molar-refractivity contribution is -0.132. The Bertz CT molecular complexity index is 658. The number of allylic oxidation sites excluding steroid dienone is 2. The number of carbonyl (C=O) groups is 1. The van der Waals surface area contributed by atoms with Crippen molar-refractivity contribution in [2.75, 3.05) is 6.61 Å². The first-order valence-electron chi connectivity index (χ1n) is 20.1. The zero-order chi connectivity index (χ0) is 33.9. The van der Waals surface area contributed by atoms with Crippen LogP contribution in [0, 0.1) is 0 Å². The van der Waals surface area contributed by atoms with Crippen molar-refractivity contribution in [1.82, 2.24) is 5.32 Å². The zero-order valence-electron chi connectivity index (χ0n) is 30.6. The molecule has 0 saturated heterocycles. The summed E-state index contributed by atoms with van der Waals surface area (Å²) in [5.41, 5.74) is 0. The predicted octanol–water partition coefficient (Wildman–Crippen LogP) is 9.85. The zero-order valence-corrected chi connectivity index (χ0v) is 30.6. The molecule has 6 heteroatoms. The largest absolute Gasteiger partial charge is 0.394 e. The van der Waals surface area contributed by atoms with E-state index in [1.54, 1.807) is 0 Å². The van der Waals surface area contributed by atoms with Crippen LogP contribution in [0.4, 0.5) is 0 Å².